The Morgan fingerprint density at radius 3 is 2.24 bits per heavy atom. The Balaban J connectivity index is 1.54. The highest BCUT2D eigenvalue weighted by Crippen LogP contribution is 2.42. The number of fused-ring (bicyclic) bond motifs is 4. The maximum atomic E-state index is 15.5. The van der Waals surface area contributed by atoms with Gasteiger partial charge in [-0.25, -0.2) is 8.96 Å². The van der Waals surface area contributed by atoms with Gasteiger partial charge in [0.15, 0.2) is 5.58 Å². The minimum atomic E-state index is -0.293. The first kappa shape index (κ1) is 21.6. The van der Waals surface area contributed by atoms with Crippen LogP contribution in [0.1, 0.15) is 5.56 Å². The second-order valence-corrected chi connectivity index (χ2v) is 9.54. The summed E-state index contributed by atoms with van der Waals surface area (Å²) in [7, 11) is 2.04. The highest BCUT2D eigenvalue weighted by atomic mass is 19.1. The van der Waals surface area contributed by atoms with Gasteiger partial charge < -0.3 is 4.42 Å². The van der Waals surface area contributed by atoms with Crippen molar-refractivity contribution in [2.75, 3.05) is 0 Å². The molecular weight excluding hydrogens is 459 g/mol. The van der Waals surface area contributed by atoms with Crippen LogP contribution in [0, 0.1) is 12.7 Å². The van der Waals surface area contributed by atoms with Gasteiger partial charge in [0.05, 0.1) is 12.6 Å². The monoisotopic (exact) mass is 483 g/mol. The van der Waals surface area contributed by atoms with Crippen LogP contribution in [0.5, 0.6) is 0 Å². The van der Waals surface area contributed by atoms with Crippen LogP contribution in [0.2, 0.25) is 0 Å². The SMILES string of the molecule is Cc1ccc2c(oc3c(-c4ccc5ccccc5c4)c(F)ccc32)c1-c1n(-c2ccccc2)cc[n+]1C. The number of nitrogens with zero attached hydrogens (tertiary/aromatic N) is 2. The molecule has 0 saturated heterocycles. The quantitative estimate of drug-likeness (QED) is 0.233. The average Bonchev–Trinajstić information content (AvgIpc) is 3.49. The van der Waals surface area contributed by atoms with Gasteiger partial charge in [-0.2, -0.15) is 4.57 Å². The van der Waals surface area contributed by atoms with Crippen LogP contribution in [0.4, 0.5) is 4.39 Å². The fourth-order valence-electron chi connectivity index (χ4n) is 5.44. The molecule has 4 heteroatoms. The molecule has 2 heterocycles. The highest BCUT2D eigenvalue weighted by molar-refractivity contribution is 6.13. The van der Waals surface area contributed by atoms with E-state index in [9.17, 15) is 0 Å². The number of imidazole rings is 1. The van der Waals surface area contributed by atoms with Crippen molar-refractivity contribution in [3.8, 4) is 28.2 Å². The van der Waals surface area contributed by atoms with Crippen LogP contribution in [0.25, 0.3) is 60.9 Å². The largest absolute Gasteiger partial charge is 0.454 e. The van der Waals surface area contributed by atoms with Gasteiger partial charge in [0.1, 0.15) is 35.0 Å². The predicted molar refractivity (Wildman–Crippen MR) is 147 cm³/mol. The molecule has 0 atom stereocenters. The molecule has 0 fully saturated rings. The van der Waals surface area contributed by atoms with Crippen molar-refractivity contribution in [2.45, 2.75) is 6.92 Å². The van der Waals surface area contributed by atoms with Crippen molar-refractivity contribution in [1.82, 2.24) is 4.57 Å². The van der Waals surface area contributed by atoms with E-state index in [0.717, 1.165) is 55.3 Å². The third-order valence-corrected chi connectivity index (χ3v) is 7.26. The Morgan fingerprint density at radius 1 is 0.730 bits per heavy atom. The molecule has 0 aliphatic carbocycles. The van der Waals surface area contributed by atoms with E-state index in [1.807, 2.05) is 67.8 Å². The Hall–Kier alpha value is -4.70. The van der Waals surface area contributed by atoms with E-state index < -0.39 is 0 Å². The van der Waals surface area contributed by atoms with Crippen molar-refractivity contribution in [3.63, 3.8) is 0 Å². The molecule has 3 nitrogen and oxygen atoms in total. The summed E-state index contributed by atoms with van der Waals surface area (Å²) in [6, 6.07) is 32.0. The lowest BCUT2D eigenvalue weighted by Gasteiger charge is -2.07. The van der Waals surface area contributed by atoms with Crippen LogP contribution in [0.3, 0.4) is 0 Å². The summed E-state index contributed by atoms with van der Waals surface area (Å²) in [6.07, 6.45) is 4.11. The van der Waals surface area contributed by atoms with Crippen LogP contribution in [0.15, 0.2) is 114 Å². The van der Waals surface area contributed by atoms with Gasteiger partial charge in [0.25, 0.3) is 5.82 Å². The molecule has 0 N–H and O–H groups in total. The van der Waals surface area contributed by atoms with E-state index in [0.29, 0.717) is 11.1 Å². The number of hydrogen-bond acceptors (Lipinski definition) is 1. The second-order valence-electron chi connectivity index (χ2n) is 9.54. The summed E-state index contributed by atoms with van der Waals surface area (Å²) in [5.74, 6) is 0.708. The molecule has 7 aromatic rings. The molecule has 0 spiro atoms. The van der Waals surface area contributed by atoms with E-state index in [1.165, 1.54) is 0 Å². The van der Waals surface area contributed by atoms with Crippen LogP contribution >= 0.6 is 0 Å². The van der Waals surface area contributed by atoms with Gasteiger partial charge in [-0.1, -0.05) is 66.7 Å². The molecule has 0 amide bonds. The number of aromatic nitrogens is 2. The summed E-state index contributed by atoms with van der Waals surface area (Å²) < 4.78 is 26.4. The first-order valence-corrected chi connectivity index (χ1v) is 12.4. The van der Waals surface area contributed by atoms with Crippen LogP contribution in [-0.2, 0) is 7.05 Å². The number of para-hydroxylation sites is 1. The Bertz CT molecular complexity index is 1960. The first-order valence-electron chi connectivity index (χ1n) is 12.4. The third kappa shape index (κ3) is 3.30. The number of aryl methyl sites for hydroxylation is 2. The number of benzene rings is 5. The van der Waals surface area contributed by atoms with Crippen LogP contribution < -0.4 is 4.57 Å². The molecule has 5 aromatic carbocycles. The third-order valence-electron chi connectivity index (χ3n) is 7.26. The number of furan rings is 1. The molecule has 0 bridgehead atoms. The smallest absolute Gasteiger partial charge is 0.297 e. The zero-order valence-electron chi connectivity index (χ0n) is 20.6. The van der Waals surface area contributed by atoms with E-state index in [1.54, 1.807) is 6.07 Å². The normalized spacial score (nSPS) is 11.6. The molecule has 0 saturated carbocycles. The van der Waals surface area contributed by atoms with Gasteiger partial charge in [0.2, 0.25) is 0 Å². The number of halogens is 1. The van der Waals surface area contributed by atoms with E-state index in [4.69, 9.17) is 4.42 Å². The number of rotatable bonds is 3. The van der Waals surface area contributed by atoms with Gasteiger partial charge in [-0.05, 0) is 59.2 Å². The molecule has 0 unspecified atom stereocenters. The van der Waals surface area contributed by atoms with Gasteiger partial charge in [0, 0.05) is 10.8 Å². The van der Waals surface area contributed by atoms with Crippen molar-refractivity contribution in [2.24, 2.45) is 7.05 Å². The molecule has 178 valence electrons. The minimum Gasteiger partial charge on any atom is -0.454 e. The lowest BCUT2D eigenvalue weighted by molar-refractivity contribution is -0.659. The molecule has 0 aliphatic heterocycles. The minimum absolute atomic E-state index is 0.293. The standard InChI is InChI=1S/C33H24FN2O/c1-21-12-15-26-27-16-17-28(34)30(24-14-13-22-8-6-7-9-23(22)20-24)32(27)37-31(26)29(21)33-35(2)18-19-36(33)25-10-4-3-5-11-25/h3-20H,1-2H3/q+1. The van der Waals surface area contributed by atoms with Crippen molar-refractivity contribution >= 4 is 32.7 Å². The summed E-state index contributed by atoms with van der Waals surface area (Å²) in [6.45, 7) is 2.09. The van der Waals surface area contributed by atoms with Crippen molar-refractivity contribution < 1.29 is 13.4 Å². The molecule has 37 heavy (non-hydrogen) atoms. The average molecular weight is 484 g/mol. The summed E-state index contributed by atoms with van der Waals surface area (Å²) >= 11 is 0. The van der Waals surface area contributed by atoms with Crippen molar-refractivity contribution in [1.29, 1.82) is 0 Å². The topological polar surface area (TPSA) is 21.9 Å². The molecule has 0 aliphatic rings. The summed E-state index contributed by atoms with van der Waals surface area (Å²) in [5, 5.41) is 4.06. The Morgan fingerprint density at radius 2 is 1.43 bits per heavy atom. The Kier molecular flexibility index (Phi) is 4.76. The van der Waals surface area contributed by atoms with Crippen LogP contribution in [-0.4, -0.2) is 4.57 Å². The summed E-state index contributed by atoms with van der Waals surface area (Å²) in [4.78, 5) is 0. The molecule has 7 rings (SSSR count). The predicted octanol–water partition coefficient (Wildman–Crippen LogP) is 8.14. The first-order chi connectivity index (χ1) is 18.1. The maximum Gasteiger partial charge on any atom is 0.297 e. The maximum absolute atomic E-state index is 15.5. The highest BCUT2D eigenvalue weighted by Gasteiger charge is 2.27. The lowest BCUT2D eigenvalue weighted by Crippen LogP contribution is -2.29. The van der Waals surface area contributed by atoms with Gasteiger partial charge in [-0.15, -0.1) is 0 Å². The summed E-state index contributed by atoms with van der Waals surface area (Å²) in [5.41, 5.74) is 5.77. The van der Waals surface area contributed by atoms with Gasteiger partial charge >= 0.3 is 0 Å². The van der Waals surface area contributed by atoms with E-state index >= 15 is 4.39 Å². The molecule has 0 radical (unpaired) electrons. The van der Waals surface area contributed by atoms with E-state index in [-0.39, 0.29) is 5.82 Å². The van der Waals surface area contributed by atoms with Crippen molar-refractivity contribution in [3.05, 3.63) is 121 Å². The fourth-order valence-corrected chi connectivity index (χ4v) is 5.44. The molecule has 2 aromatic heterocycles. The van der Waals surface area contributed by atoms with E-state index in [2.05, 4.69) is 58.7 Å². The lowest BCUT2D eigenvalue weighted by atomic mass is 9.98. The zero-order chi connectivity index (χ0) is 25.1. The zero-order valence-corrected chi connectivity index (χ0v) is 20.6. The Labute approximate surface area is 213 Å². The number of hydrogen-bond donors (Lipinski definition) is 0. The van der Waals surface area contributed by atoms with Gasteiger partial charge in [-0.3, -0.25) is 0 Å². The molecular formula is C33H24FN2O+. The second kappa shape index (κ2) is 8.17. The fraction of sp³-hybridized carbons (Fsp3) is 0.0606.